The Kier molecular flexibility index (Phi) is 4.01. The Labute approximate surface area is 111 Å². The Hall–Kier alpha value is -1.36. The van der Waals surface area contributed by atoms with Gasteiger partial charge in [0.15, 0.2) is 0 Å². The number of aromatic hydroxyl groups is 2. The molecule has 0 radical (unpaired) electrons. The average Bonchev–Trinajstić information content (AvgIpc) is 2.38. The minimum absolute atomic E-state index is 0.0373. The van der Waals surface area contributed by atoms with Gasteiger partial charge in [-0.1, -0.05) is 6.92 Å². The minimum Gasteiger partial charge on any atom is -0.508 e. The van der Waals surface area contributed by atoms with Crippen LogP contribution < -0.4 is 0 Å². The molecule has 1 unspecified atom stereocenters. The second-order valence-electron chi connectivity index (χ2n) is 4.35. The Morgan fingerprint density at radius 1 is 1.50 bits per heavy atom. The van der Waals surface area contributed by atoms with E-state index in [-0.39, 0.29) is 23.0 Å². The third-order valence-electron chi connectivity index (χ3n) is 3.09. The van der Waals surface area contributed by atoms with E-state index in [1.807, 2.05) is 11.8 Å². The zero-order chi connectivity index (χ0) is 13.1. The molecule has 1 fully saturated rings. The van der Waals surface area contributed by atoms with Crippen LogP contribution in [-0.4, -0.2) is 45.1 Å². The van der Waals surface area contributed by atoms with E-state index in [4.69, 9.17) is 0 Å². The number of thioether (sulfide) groups is 1. The number of carbonyl (C=O) groups excluding carboxylic acids is 1. The first-order chi connectivity index (χ1) is 8.61. The standard InChI is InChI=1S/C13H17NO3S/c1-2-10-8-14(5-6-18-10)13(17)11-4-3-9(15)7-12(11)16/h3-4,7,10,15-16H,2,5-6,8H2,1H3. The summed E-state index contributed by atoms with van der Waals surface area (Å²) in [6.45, 7) is 3.55. The van der Waals surface area contributed by atoms with Gasteiger partial charge in [-0.25, -0.2) is 0 Å². The predicted octanol–water partition coefficient (Wildman–Crippen LogP) is 2.07. The van der Waals surface area contributed by atoms with Crippen molar-refractivity contribution in [2.24, 2.45) is 0 Å². The molecule has 1 aromatic carbocycles. The van der Waals surface area contributed by atoms with Crippen molar-refractivity contribution in [1.82, 2.24) is 4.90 Å². The van der Waals surface area contributed by atoms with Crippen LogP contribution in [0.2, 0.25) is 0 Å². The zero-order valence-electron chi connectivity index (χ0n) is 10.3. The Morgan fingerprint density at radius 2 is 2.28 bits per heavy atom. The molecule has 1 aliphatic heterocycles. The summed E-state index contributed by atoms with van der Waals surface area (Å²) in [6.07, 6.45) is 1.04. The first kappa shape index (κ1) is 13.1. The summed E-state index contributed by atoms with van der Waals surface area (Å²) in [5, 5.41) is 19.4. The third-order valence-corrected chi connectivity index (χ3v) is 4.47. The van der Waals surface area contributed by atoms with E-state index in [1.165, 1.54) is 18.2 Å². The van der Waals surface area contributed by atoms with Gasteiger partial charge in [0.1, 0.15) is 11.5 Å². The van der Waals surface area contributed by atoms with E-state index in [0.717, 1.165) is 18.7 Å². The molecule has 0 bridgehead atoms. The molecule has 1 heterocycles. The lowest BCUT2D eigenvalue weighted by atomic mass is 10.1. The molecular formula is C13H17NO3S. The molecule has 0 aliphatic carbocycles. The van der Waals surface area contributed by atoms with E-state index >= 15 is 0 Å². The van der Waals surface area contributed by atoms with Crippen LogP contribution in [0.1, 0.15) is 23.7 Å². The van der Waals surface area contributed by atoms with Crippen LogP contribution in [0.3, 0.4) is 0 Å². The lowest BCUT2D eigenvalue weighted by Gasteiger charge is -2.32. The van der Waals surface area contributed by atoms with Crippen molar-refractivity contribution in [1.29, 1.82) is 0 Å². The van der Waals surface area contributed by atoms with Gasteiger partial charge in [-0.2, -0.15) is 11.8 Å². The topological polar surface area (TPSA) is 60.8 Å². The number of phenols is 2. The third kappa shape index (κ3) is 2.72. The molecule has 4 nitrogen and oxygen atoms in total. The highest BCUT2D eigenvalue weighted by molar-refractivity contribution is 8.00. The van der Waals surface area contributed by atoms with Gasteiger partial charge in [0.05, 0.1) is 5.56 Å². The molecule has 0 aromatic heterocycles. The molecule has 0 saturated carbocycles. The van der Waals surface area contributed by atoms with Crippen LogP contribution in [0.15, 0.2) is 18.2 Å². The van der Waals surface area contributed by atoms with E-state index in [2.05, 4.69) is 6.92 Å². The Morgan fingerprint density at radius 3 is 2.94 bits per heavy atom. The molecule has 2 N–H and O–H groups in total. The number of benzene rings is 1. The van der Waals surface area contributed by atoms with E-state index in [0.29, 0.717) is 11.8 Å². The van der Waals surface area contributed by atoms with Crippen molar-refractivity contribution in [3.8, 4) is 11.5 Å². The van der Waals surface area contributed by atoms with Crippen LogP contribution in [0.4, 0.5) is 0 Å². The van der Waals surface area contributed by atoms with Crippen LogP contribution in [0, 0.1) is 0 Å². The number of hydrogen-bond acceptors (Lipinski definition) is 4. The molecule has 18 heavy (non-hydrogen) atoms. The van der Waals surface area contributed by atoms with Crippen LogP contribution >= 0.6 is 11.8 Å². The summed E-state index contributed by atoms with van der Waals surface area (Å²) in [5.74, 6) is 0.575. The maximum absolute atomic E-state index is 12.3. The molecule has 1 atom stereocenters. The molecule has 1 aromatic rings. The number of phenolic OH excluding ortho intramolecular Hbond substituents is 2. The van der Waals surface area contributed by atoms with E-state index in [9.17, 15) is 15.0 Å². The first-order valence-corrected chi connectivity index (χ1v) is 7.09. The molecule has 1 saturated heterocycles. The first-order valence-electron chi connectivity index (χ1n) is 6.04. The van der Waals surface area contributed by atoms with Crippen molar-refractivity contribution >= 4 is 17.7 Å². The summed E-state index contributed by atoms with van der Waals surface area (Å²) in [4.78, 5) is 14.0. The molecule has 5 heteroatoms. The SMILES string of the molecule is CCC1CN(C(=O)c2ccc(O)cc2O)CCS1. The zero-order valence-corrected chi connectivity index (χ0v) is 11.1. The van der Waals surface area contributed by atoms with Crippen LogP contribution in [0.25, 0.3) is 0 Å². The summed E-state index contributed by atoms with van der Waals surface area (Å²) in [7, 11) is 0. The maximum atomic E-state index is 12.3. The highest BCUT2D eigenvalue weighted by Crippen LogP contribution is 2.27. The van der Waals surface area contributed by atoms with Crippen molar-refractivity contribution in [2.75, 3.05) is 18.8 Å². The second kappa shape index (κ2) is 5.52. The summed E-state index contributed by atoms with van der Waals surface area (Å²) < 4.78 is 0. The summed E-state index contributed by atoms with van der Waals surface area (Å²) in [5.41, 5.74) is 0.259. The monoisotopic (exact) mass is 267 g/mol. The van der Waals surface area contributed by atoms with Crippen molar-refractivity contribution < 1.29 is 15.0 Å². The van der Waals surface area contributed by atoms with Gasteiger partial charge >= 0.3 is 0 Å². The highest BCUT2D eigenvalue weighted by atomic mass is 32.2. The largest absolute Gasteiger partial charge is 0.508 e. The van der Waals surface area contributed by atoms with Crippen LogP contribution in [-0.2, 0) is 0 Å². The number of hydrogen-bond donors (Lipinski definition) is 2. The van der Waals surface area contributed by atoms with Crippen molar-refractivity contribution in [3.63, 3.8) is 0 Å². The van der Waals surface area contributed by atoms with E-state index < -0.39 is 0 Å². The molecular weight excluding hydrogens is 250 g/mol. The van der Waals surface area contributed by atoms with Crippen molar-refractivity contribution in [3.05, 3.63) is 23.8 Å². The minimum atomic E-state index is -0.161. The Balaban J connectivity index is 2.15. The van der Waals surface area contributed by atoms with Crippen LogP contribution in [0.5, 0.6) is 11.5 Å². The fourth-order valence-corrected chi connectivity index (χ4v) is 3.20. The van der Waals surface area contributed by atoms with Gasteiger partial charge in [0.25, 0.3) is 5.91 Å². The number of carbonyl (C=O) groups is 1. The number of amides is 1. The van der Waals surface area contributed by atoms with Crippen molar-refractivity contribution in [2.45, 2.75) is 18.6 Å². The molecule has 0 spiro atoms. The highest BCUT2D eigenvalue weighted by Gasteiger charge is 2.25. The molecule has 98 valence electrons. The smallest absolute Gasteiger partial charge is 0.257 e. The fraction of sp³-hybridized carbons (Fsp3) is 0.462. The van der Waals surface area contributed by atoms with Gasteiger partial charge in [-0.3, -0.25) is 4.79 Å². The summed E-state index contributed by atoms with van der Waals surface area (Å²) in [6, 6.07) is 4.09. The molecule has 2 rings (SSSR count). The van der Waals surface area contributed by atoms with Gasteiger partial charge in [-0.05, 0) is 18.6 Å². The normalized spacial score (nSPS) is 19.8. The van der Waals surface area contributed by atoms with Gasteiger partial charge in [-0.15, -0.1) is 0 Å². The number of rotatable bonds is 2. The van der Waals surface area contributed by atoms with E-state index in [1.54, 1.807) is 4.90 Å². The predicted molar refractivity (Wildman–Crippen MR) is 72.2 cm³/mol. The lowest BCUT2D eigenvalue weighted by Crippen LogP contribution is -2.41. The second-order valence-corrected chi connectivity index (χ2v) is 5.76. The Bertz CT molecular complexity index is 450. The fourth-order valence-electron chi connectivity index (χ4n) is 2.02. The quantitative estimate of drug-likeness (QED) is 0.861. The van der Waals surface area contributed by atoms with Gasteiger partial charge < -0.3 is 15.1 Å². The lowest BCUT2D eigenvalue weighted by molar-refractivity contribution is 0.0758. The molecule has 1 aliphatic rings. The average molecular weight is 267 g/mol. The maximum Gasteiger partial charge on any atom is 0.257 e. The van der Waals surface area contributed by atoms with Gasteiger partial charge in [0.2, 0.25) is 0 Å². The number of nitrogens with zero attached hydrogens (tertiary/aromatic N) is 1. The van der Waals surface area contributed by atoms with Gasteiger partial charge in [0, 0.05) is 30.2 Å². The molecule has 1 amide bonds. The summed E-state index contributed by atoms with van der Waals surface area (Å²) >= 11 is 1.89.